The number of Topliss-reactive ketones (excluding diaryl/α,β-unsaturated/α-hetero) is 3. The number of hydrogen-bond donors (Lipinski definition) is 0. The lowest BCUT2D eigenvalue weighted by molar-refractivity contribution is -0.164. The van der Waals surface area contributed by atoms with Crippen LogP contribution in [0.25, 0.3) is 0 Å². The van der Waals surface area contributed by atoms with E-state index in [0.29, 0.717) is 11.8 Å². The Morgan fingerprint density at radius 2 is 1.64 bits per heavy atom. The Balaban J connectivity index is 2.36. The highest BCUT2D eigenvalue weighted by atomic mass is 32.2. The molecule has 2 unspecified atom stereocenters. The molecule has 1 fully saturated rings. The van der Waals surface area contributed by atoms with Crippen molar-refractivity contribution >= 4 is 52.1 Å². The third-order valence-electron chi connectivity index (χ3n) is 3.41. The minimum atomic E-state index is -0.996. The Morgan fingerprint density at radius 1 is 1.00 bits per heavy atom. The van der Waals surface area contributed by atoms with Crippen LogP contribution in [0.5, 0.6) is 0 Å². The molecule has 1 aliphatic carbocycles. The van der Waals surface area contributed by atoms with Crippen molar-refractivity contribution in [3.8, 4) is 0 Å². The molecule has 10 nitrogen and oxygen atoms in total. The first-order chi connectivity index (χ1) is 13.1. The number of rotatable bonds is 10. The first kappa shape index (κ1) is 23.5. The molecule has 0 bridgehead atoms. The van der Waals surface area contributed by atoms with Gasteiger partial charge in [-0.05, 0) is 0 Å². The zero-order valence-corrected chi connectivity index (χ0v) is 16.2. The maximum Gasteiger partial charge on any atom is 0.306 e. The van der Waals surface area contributed by atoms with E-state index in [-0.39, 0.29) is 37.6 Å². The van der Waals surface area contributed by atoms with Gasteiger partial charge in [-0.2, -0.15) is 0 Å². The minimum absolute atomic E-state index is 0.0789. The minimum Gasteiger partial charge on any atom is -0.462 e. The molecule has 0 N–H and O–H groups in total. The summed E-state index contributed by atoms with van der Waals surface area (Å²) in [7, 11) is 0. The largest absolute Gasteiger partial charge is 0.462 e. The van der Waals surface area contributed by atoms with Crippen LogP contribution in [0.3, 0.4) is 0 Å². The summed E-state index contributed by atoms with van der Waals surface area (Å²) in [5, 5.41) is -1.74. The van der Waals surface area contributed by atoms with Crippen LogP contribution in [0.15, 0.2) is 0 Å². The second-order valence-electron chi connectivity index (χ2n) is 5.92. The molecule has 1 rings (SSSR count). The molecule has 28 heavy (non-hydrogen) atoms. The lowest BCUT2D eigenvalue weighted by Crippen LogP contribution is -2.30. The smallest absolute Gasteiger partial charge is 0.306 e. The Kier molecular flexibility index (Phi) is 9.49. The maximum atomic E-state index is 11.8. The molecule has 1 aliphatic rings. The second kappa shape index (κ2) is 11.3. The van der Waals surface area contributed by atoms with Crippen molar-refractivity contribution in [1.82, 2.24) is 0 Å². The molecule has 0 saturated heterocycles. The van der Waals surface area contributed by atoms with Gasteiger partial charge in [0.2, 0.25) is 5.78 Å². The van der Waals surface area contributed by atoms with Gasteiger partial charge in [0.05, 0.1) is 18.1 Å². The fourth-order valence-corrected chi connectivity index (χ4v) is 3.12. The highest BCUT2D eigenvalue weighted by molar-refractivity contribution is 8.16. The topological polar surface area (TPSA) is 147 Å². The number of ketones is 3. The van der Waals surface area contributed by atoms with Crippen LogP contribution in [0.4, 0.5) is 0 Å². The number of ether oxygens (including phenoxy) is 3. The van der Waals surface area contributed by atoms with Gasteiger partial charge in [0.25, 0.3) is 5.12 Å². The first-order valence-corrected chi connectivity index (χ1v) is 9.20. The van der Waals surface area contributed by atoms with Crippen LogP contribution < -0.4 is 0 Å². The highest BCUT2D eigenvalue weighted by Crippen LogP contribution is 2.25. The summed E-state index contributed by atoms with van der Waals surface area (Å²) < 4.78 is 14.4. The van der Waals surface area contributed by atoms with Gasteiger partial charge in [-0.1, -0.05) is 11.8 Å². The molecule has 154 valence electrons. The number of esters is 3. The van der Waals surface area contributed by atoms with Gasteiger partial charge in [-0.25, -0.2) is 0 Å². The van der Waals surface area contributed by atoms with E-state index in [2.05, 4.69) is 4.74 Å². The van der Waals surface area contributed by atoms with Gasteiger partial charge in [-0.15, -0.1) is 0 Å². The van der Waals surface area contributed by atoms with Gasteiger partial charge in [-0.3, -0.25) is 33.6 Å². The second-order valence-corrected chi connectivity index (χ2v) is 7.10. The number of carbonyl (C=O) groups excluding carboxylic acids is 7. The molecule has 0 aliphatic heterocycles. The lowest BCUT2D eigenvalue weighted by atomic mass is 10.2. The summed E-state index contributed by atoms with van der Waals surface area (Å²) in [6.45, 7) is 1.60. The van der Waals surface area contributed by atoms with E-state index in [4.69, 9.17) is 9.47 Å². The fraction of sp³-hybridized carbons (Fsp3) is 0.588. The number of carbonyl (C=O) groups is 7. The summed E-state index contributed by atoms with van der Waals surface area (Å²) in [5.74, 6) is -3.62. The van der Waals surface area contributed by atoms with E-state index in [1.807, 2.05) is 0 Å². The molecule has 0 heterocycles. The van der Waals surface area contributed by atoms with Gasteiger partial charge in [0, 0.05) is 26.7 Å². The molecule has 1 saturated carbocycles. The van der Waals surface area contributed by atoms with Crippen molar-refractivity contribution in [2.24, 2.45) is 0 Å². The van der Waals surface area contributed by atoms with Gasteiger partial charge < -0.3 is 14.2 Å². The van der Waals surface area contributed by atoms with Crippen LogP contribution in [-0.4, -0.2) is 64.9 Å². The van der Waals surface area contributed by atoms with Crippen molar-refractivity contribution < 1.29 is 47.8 Å². The average Bonchev–Trinajstić information content (AvgIpc) is 2.91. The quantitative estimate of drug-likeness (QED) is 0.204. The molecule has 0 radical (unpaired) electrons. The van der Waals surface area contributed by atoms with E-state index in [9.17, 15) is 33.6 Å². The van der Waals surface area contributed by atoms with Crippen molar-refractivity contribution in [3.05, 3.63) is 0 Å². The summed E-state index contributed by atoms with van der Waals surface area (Å²) in [4.78, 5) is 79.7. The van der Waals surface area contributed by atoms with E-state index in [1.54, 1.807) is 0 Å². The zero-order chi connectivity index (χ0) is 21.3. The molecule has 0 amide bonds. The number of hydrogen-bond acceptors (Lipinski definition) is 11. The summed E-state index contributed by atoms with van der Waals surface area (Å²) in [6, 6.07) is 0. The summed E-state index contributed by atoms with van der Waals surface area (Å²) in [6.07, 6.45) is -2.14. The Hall–Kier alpha value is -2.56. The van der Waals surface area contributed by atoms with E-state index < -0.39 is 53.0 Å². The van der Waals surface area contributed by atoms with E-state index in [1.165, 1.54) is 0 Å². The predicted molar refractivity (Wildman–Crippen MR) is 93.0 cm³/mol. The monoisotopic (exact) mass is 416 g/mol. The van der Waals surface area contributed by atoms with Crippen molar-refractivity contribution in [2.75, 3.05) is 13.2 Å². The Labute approximate surface area is 164 Å². The van der Waals surface area contributed by atoms with Crippen molar-refractivity contribution in [2.45, 2.75) is 50.9 Å². The van der Waals surface area contributed by atoms with Gasteiger partial charge >= 0.3 is 17.9 Å². The fourth-order valence-electron chi connectivity index (χ4n) is 2.14. The maximum absolute atomic E-state index is 11.8. The third kappa shape index (κ3) is 8.89. The standard InChI is InChI=1S/C17H20O10S/c1-9(18)25-7-12(27-10(2)19)8-26-16(23)4-3-13(21)17(24)28-15-6-11(20)5-14(15)22/h12,15H,3-8H2,1-2H3. The third-order valence-corrected chi connectivity index (χ3v) is 4.57. The highest BCUT2D eigenvalue weighted by Gasteiger charge is 2.34. The van der Waals surface area contributed by atoms with E-state index in [0.717, 1.165) is 13.8 Å². The van der Waals surface area contributed by atoms with E-state index >= 15 is 0 Å². The Morgan fingerprint density at radius 3 is 2.18 bits per heavy atom. The molecule has 0 aromatic carbocycles. The molecule has 0 spiro atoms. The molecule has 0 aromatic rings. The average molecular weight is 416 g/mol. The Bertz CT molecular complexity index is 683. The van der Waals surface area contributed by atoms with Gasteiger partial charge in [0.1, 0.15) is 19.0 Å². The molecule has 2 atom stereocenters. The number of thioether (sulfide) groups is 1. The van der Waals surface area contributed by atoms with Crippen LogP contribution in [0, 0.1) is 0 Å². The van der Waals surface area contributed by atoms with Crippen molar-refractivity contribution in [1.29, 1.82) is 0 Å². The first-order valence-electron chi connectivity index (χ1n) is 8.33. The van der Waals surface area contributed by atoms with Crippen LogP contribution in [0.1, 0.15) is 39.5 Å². The summed E-state index contributed by atoms with van der Waals surface area (Å²) in [5.41, 5.74) is 0. The van der Waals surface area contributed by atoms with Crippen LogP contribution >= 0.6 is 11.8 Å². The molecular formula is C17H20O10S. The molecule has 0 aromatic heterocycles. The zero-order valence-electron chi connectivity index (χ0n) is 15.4. The molecule has 11 heteroatoms. The molecular weight excluding hydrogens is 396 g/mol. The normalized spacial score (nSPS) is 17.0. The van der Waals surface area contributed by atoms with Crippen molar-refractivity contribution in [3.63, 3.8) is 0 Å². The van der Waals surface area contributed by atoms with Crippen LogP contribution in [-0.2, 0) is 47.8 Å². The van der Waals surface area contributed by atoms with Gasteiger partial charge in [0.15, 0.2) is 11.9 Å². The predicted octanol–water partition coefficient (Wildman–Crippen LogP) is -0.0659. The van der Waals surface area contributed by atoms with Crippen LogP contribution in [0.2, 0.25) is 0 Å². The SMILES string of the molecule is CC(=O)OCC(COC(=O)CCC(=O)C(=O)SC1CC(=O)CC1=O)OC(C)=O. The summed E-state index contributed by atoms with van der Waals surface area (Å²) >= 11 is 0.496. The lowest BCUT2D eigenvalue weighted by Gasteiger charge is -2.16.